The number of hydrogen-bond acceptors (Lipinski definition) is 15. The van der Waals surface area contributed by atoms with Crippen molar-refractivity contribution >= 4 is 118 Å². The lowest BCUT2D eigenvalue weighted by atomic mass is 10.0. The van der Waals surface area contributed by atoms with Crippen molar-refractivity contribution in [1.29, 1.82) is 0 Å². The van der Waals surface area contributed by atoms with Crippen LogP contribution in [-0.4, -0.2) is 142 Å². The first-order chi connectivity index (χ1) is 40.5. The maximum atomic E-state index is 14.8. The highest BCUT2D eigenvalue weighted by Gasteiger charge is 2.36. The zero-order chi connectivity index (χ0) is 62.3. The minimum Gasteiger partial charge on any atom is -0.391 e. The number of aromatic amines is 1. The van der Waals surface area contributed by atoms with E-state index in [2.05, 4.69) is 78.1 Å². The minimum atomic E-state index is -1.74. The molecule has 0 aliphatic rings. The Morgan fingerprint density at radius 1 is 0.529 bits per heavy atom. The summed E-state index contributed by atoms with van der Waals surface area (Å²) in [5.74, 6) is -7.66. The van der Waals surface area contributed by atoms with E-state index in [0.717, 1.165) is 0 Å². The van der Waals surface area contributed by atoms with E-state index in [9.17, 15) is 53.1 Å². The fraction of sp³-hybridized carbons (Fsp3) is 0.357. The molecule has 0 bridgehead atoms. The van der Waals surface area contributed by atoms with Gasteiger partial charge in [-0.05, 0) is 104 Å². The molecule has 29 heteroatoms. The summed E-state index contributed by atoms with van der Waals surface area (Å²) in [4.78, 5) is 137. The first kappa shape index (κ1) is 67.4. The van der Waals surface area contributed by atoms with E-state index in [1.54, 1.807) is 79.0 Å². The standard InChI is InChI=1S/C56H72ClN15O11S2/c1-29(73)46(54(81)71-45(28-85)52(79)67-41(47(60)74)23-31-11-17-35(18-12-31)64-55(61)82)72-49(76)40(8-4-5-21-58)66-51(78)43(25-33-26-63-39-7-3-2-6-37(33)39)69-50(77)42(24-32-13-19-36(20-14-32)65-56(62)83)68-53(80)44(27-84)70-48(75)38(59)22-30-9-15-34(57)16-10-30/h2-3,6-7,9-20,26,29,38,40-46,63,73,84-85H,4-5,8,21-25,27-28,58-59H2,1H3,(H2,60,74)(H,66,78)(H,67,79)(H,68,80)(H,69,77)(H,70,75)(H,71,81)(H,72,76)(H3,61,64,82)(H3,62,65,83)/t29-,38+,40+,41-,42+,43-,44-,45+,46+/m1/s1. The molecular formula is C56H72ClN15O11S2. The molecule has 0 aliphatic heterocycles. The molecule has 0 saturated heterocycles. The fourth-order valence-electron chi connectivity index (χ4n) is 8.77. The van der Waals surface area contributed by atoms with E-state index in [-0.39, 0.29) is 56.6 Å². The highest BCUT2D eigenvalue weighted by molar-refractivity contribution is 7.80. The lowest BCUT2D eigenvalue weighted by Gasteiger charge is -2.28. The number of nitrogens with one attached hydrogen (secondary N) is 10. The van der Waals surface area contributed by atoms with Crippen LogP contribution in [0.3, 0.4) is 0 Å². The summed E-state index contributed by atoms with van der Waals surface area (Å²) in [6.45, 7) is 1.41. The number of hydrogen-bond donors (Lipinski definition) is 18. The molecule has 85 heavy (non-hydrogen) atoms. The third-order valence-electron chi connectivity index (χ3n) is 13.3. The smallest absolute Gasteiger partial charge is 0.316 e. The van der Waals surface area contributed by atoms with Crippen molar-refractivity contribution in [1.82, 2.24) is 42.2 Å². The number of aromatic nitrogens is 1. The Morgan fingerprint density at radius 3 is 1.47 bits per heavy atom. The topological polar surface area (TPSA) is 445 Å². The van der Waals surface area contributed by atoms with E-state index in [1.807, 2.05) is 0 Å². The molecule has 5 rings (SSSR count). The Morgan fingerprint density at radius 2 is 0.965 bits per heavy atom. The number of aliphatic hydroxyl groups excluding tert-OH is 1. The maximum absolute atomic E-state index is 14.8. The van der Waals surface area contributed by atoms with Gasteiger partial charge in [-0.25, -0.2) is 9.59 Å². The molecule has 0 saturated carbocycles. The molecule has 5 aromatic rings. The van der Waals surface area contributed by atoms with E-state index < -0.39 is 114 Å². The van der Waals surface area contributed by atoms with Crippen LogP contribution in [0.4, 0.5) is 21.0 Å². The van der Waals surface area contributed by atoms with E-state index in [0.29, 0.717) is 56.0 Å². The van der Waals surface area contributed by atoms with Gasteiger partial charge in [0, 0.05) is 64.3 Å². The number of aliphatic hydroxyl groups is 1. The van der Waals surface area contributed by atoms with Crippen LogP contribution in [0.2, 0.25) is 5.02 Å². The van der Waals surface area contributed by atoms with Crippen molar-refractivity contribution in [2.75, 3.05) is 28.7 Å². The largest absolute Gasteiger partial charge is 0.391 e. The molecule has 21 N–H and O–H groups in total. The number of para-hydroxylation sites is 1. The summed E-state index contributed by atoms with van der Waals surface area (Å²) < 4.78 is 0. The molecule has 0 aliphatic carbocycles. The molecule has 0 unspecified atom stereocenters. The Bertz CT molecular complexity index is 3140. The summed E-state index contributed by atoms with van der Waals surface area (Å²) in [7, 11) is 0. The first-order valence-corrected chi connectivity index (χ1v) is 28.5. The normalized spacial score (nSPS) is 14.2. The van der Waals surface area contributed by atoms with Gasteiger partial charge in [0.05, 0.1) is 12.1 Å². The van der Waals surface area contributed by atoms with E-state index >= 15 is 0 Å². The van der Waals surface area contributed by atoms with Gasteiger partial charge in [-0.3, -0.25) is 38.4 Å². The van der Waals surface area contributed by atoms with Crippen molar-refractivity contribution in [3.05, 3.63) is 131 Å². The average molecular weight is 1230 g/mol. The third kappa shape index (κ3) is 21.3. The Kier molecular flexibility index (Phi) is 26.3. The van der Waals surface area contributed by atoms with Gasteiger partial charge in [-0.15, -0.1) is 0 Å². The SMILES string of the molecule is C[C@@H](O)[C@H](NC(=O)[C@H](CCCCN)NC(=O)[C@@H](Cc1c[nH]c2ccccc12)NC(=O)[C@H](Cc1ccc(NC(N)=O)cc1)NC(=O)[C@@H](CS)NC(=O)[C@@H](N)Cc1ccc(Cl)cc1)C(=O)N[C@@H](CS)C(=O)N[C@H](Cc1ccc(NC(N)=O)cc1)C(N)=O. The predicted molar refractivity (Wildman–Crippen MR) is 327 cm³/mol. The van der Waals surface area contributed by atoms with Crippen LogP contribution in [0.25, 0.3) is 10.9 Å². The van der Waals surface area contributed by atoms with E-state index in [1.165, 1.54) is 31.2 Å². The number of carbonyl (C=O) groups is 10. The number of halogens is 1. The first-order valence-electron chi connectivity index (χ1n) is 26.9. The van der Waals surface area contributed by atoms with Crippen LogP contribution >= 0.6 is 36.9 Å². The highest BCUT2D eigenvalue weighted by Crippen LogP contribution is 2.21. The number of fused-ring (bicyclic) bond motifs is 1. The van der Waals surface area contributed by atoms with Crippen LogP contribution in [-0.2, 0) is 64.0 Å². The van der Waals surface area contributed by atoms with E-state index in [4.69, 9.17) is 40.3 Å². The number of urea groups is 2. The highest BCUT2D eigenvalue weighted by atomic mass is 35.5. The Hall–Kier alpha value is -8.41. The lowest BCUT2D eigenvalue weighted by Crippen LogP contribution is -2.62. The van der Waals surface area contributed by atoms with Crippen molar-refractivity contribution in [3.8, 4) is 0 Å². The molecule has 456 valence electrons. The van der Waals surface area contributed by atoms with Crippen molar-refractivity contribution in [3.63, 3.8) is 0 Å². The summed E-state index contributed by atoms with van der Waals surface area (Å²) >= 11 is 14.6. The number of nitrogens with two attached hydrogens (primary N) is 5. The predicted octanol–water partition coefficient (Wildman–Crippen LogP) is -0.351. The molecule has 1 heterocycles. The van der Waals surface area contributed by atoms with Gasteiger partial charge in [-0.2, -0.15) is 25.3 Å². The van der Waals surface area contributed by atoms with Crippen molar-refractivity contribution in [2.45, 2.75) is 106 Å². The Labute approximate surface area is 505 Å². The molecule has 1 aromatic heterocycles. The zero-order valence-corrected chi connectivity index (χ0v) is 48.8. The molecule has 9 atom stereocenters. The van der Waals surface area contributed by atoms with Crippen LogP contribution in [0.5, 0.6) is 0 Å². The minimum absolute atomic E-state index is 0.0588. The second kappa shape index (κ2) is 33.2. The lowest BCUT2D eigenvalue weighted by molar-refractivity contribution is -0.136. The quantitative estimate of drug-likeness (QED) is 0.0194. The second-order valence-corrected chi connectivity index (χ2v) is 21.1. The maximum Gasteiger partial charge on any atom is 0.316 e. The van der Waals surface area contributed by atoms with Gasteiger partial charge in [0.15, 0.2) is 0 Å². The summed E-state index contributed by atoms with van der Waals surface area (Å²) in [6.07, 6.45) is 0.262. The molecule has 4 aromatic carbocycles. The Balaban J connectivity index is 1.39. The van der Waals surface area contributed by atoms with Crippen LogP contribution < -0.4 is 76.5 Å². The van der Waals surface area contributed by atoms with Gasteiger partial charge >= 0.3 is 12.1 Å². The number of primary amides is 3. The number of unbranched alkanes of at least 4 members (excludes halogenated alkanes) is 1. The number of benzene rings is 4. The van der Waals surface area contributed by atoms with Gasteiger partial charge in [0.2, 0.25) is 47.3 Å². The number of rotatable bonds is 32. The molecule has 0 fully saturated rings. The van der Waals surface area contributed by atoms with Crippen molar-refractivity contribution in [2.24, 2.45) is 28.7 Å². The summed E-state index contributed by atoms with van der Waals surface area (Å²) in [5.41, 5.74) is 31.8. The number of anilines is 2. The van der Waals surface area contributed by atoms with Crippen LogP contribution in [0.15, 0.2) is 103 Å². The summed E-state index contributed by atoms with van der Waals surface area (Å²) in [6, 6.07) is 13.3. The zero-order valence-electron chi connectivity index (χ0n) is 46.3. The molecule has 26 nitrogen and oxygen atoms in total. The number of thiol groups is 2. The fourth-order valence-corrected chi connectivity index (χ4v) is 9.41. The van der Waals surface area contributed by atoms with Gasteiger partial charge in [0.1, 0.15) is 42.3 Å². The molecule has 12 amide bonds. The summed E-state index contributed by atoms with van der Waals surface area (Å²) in [5, 5.41) is 35.1. The molecule has 0 radical (unpaired) electrons. The second-order valence-electron chi connectivity index (χ2n) is 19.9. The van der Waals surface area contributed by atoms with Gasteiger partial charge in [0.25, 0.3) is 0 Å². The van der Waals surface area contributed by atoms with Crippen LogP contribution in [0, 0.1) is 0 Å². The number of H-pyrrole nitrogens is 1. The number of carbonyl (C=O) groups excluding carboxylic acids is 10. The molecular weight excluding hydrogens is 1160 g/mol. The third-order valence-corrected chi connectivity index (χ3v) is 14.3. The van der Waals surface area contributed by atoms with Crippen LogP contribution in [0.1, 0.15) is 48.4 Å². The van der Waals surface area contributed by atoms with Gasteiger partial charge in [-0.1, -0.05) is 66.2 Å². The molecule has 0 spiro atoms. The van der Waals surface area contributed by atoms with Crippen molar-refractivity contribution < 1.29 is 53.1 Å². The number of amides is 12. The monoisotopic (exact) mass is 1230 g/mol. The average Bonchev–Trinajstić information content (AvgIpc) is 4.14. The van der Waals surface area contributed by atoms with Gasteiger partial charge < -0.3 is 86.6 Å².